The lowest BCUT2D eigenvalue weighted by Crippen LogP contribution is -2.04. The number of carbonyl (C=O) groups is 1. The molecule has 0 aliphatic heterocycles. The molecule has 4 aromatic heterocycles. The first kappa shape index (κ1) is 18.4. The lowest BCUT2D eigenvalue weighted by molar-refractivity contribution is 0.0994. The highest BCUT2D eigenvalue weighted by Gasteiger charge is 2.23. The summed E-state index contributed by atoms with van der Waals surface area (Å²) in [5.41, 5.74) is 10.6. The summed E-state index contributed by atoms with van der Waals surface area (Å²) in [5.74, 6) is 0.929. The molecule has 156 valence electrons. The lowest BCUT2D eigenvalue weighted by Gasteiger charge is -2.12. The average molecular weight is 425 g/mol. The highest BCUT2D eigenvalue weighted by atomic mass is 19.1. The number of hydrogen-bond acceptors (Lipinski definition) is 6. The number of nitrogens with zero attached hydrogens (tertiary/aromatic N) is 6. The first-order valence-corrected chi connectivity index (χ1v) is 10.1. The van der Waals surface area contributed by atoms with Gasteiger partial charge in [0.15, 0.2) is 23.1 Å². The van der Waals surface area contributed by atoms with Gasteiger partial charge >= 0.3 is 0 Å². The van der Waals surface area contributed by atoms with E-state index in [1.807, 2.05) is 28.8 Å². The van der Waals surface area contributed by atoms with E-state index in [0.717, 1.165) is 16.8 Å². The molecule has 8 nitrogen and oxygen atoms in total. The summed E-state index contributed by atoms with van der Waals surface area (Å²) in [6.45, 7) is 0. The second kappa shape index (κ2) is 6.81. The number of nitrogens with two attached hydrogens (primary N) is 1. The minimum Gasteiger partial charge on any atom is -0.383 e. The molecule has 0 saturated heterocycles. The smallest absolute Gasteiger partial charge is 0.233 e. The number of carbonyl (C=O) groups excluding carboxylic acids is 1. The van der Waals surface area contributed by atoms with Crippen LogP contribution >= 0.6 is 0 Å². The molecule has 2 N–H and O–H groups in total. The van der Waals surface area contributed by atoms with Crippen molar-refractivity contribution in [2.24, 2.45) is 0 Å². The van der Waals surface area contributed by atoms with Crippen molar-refractivity contribution in [1.29, 1.82) is 0 Å². The normalized spacial score (nSPS) is 13.1. The van der Waals surface area contributed by atoms with Gasteiger partial charge in [-0.25, -0.2) is 19.6 Å². The van der Waals surface area contributed by atoms with E-state index < -0.39 is 5.95 Å². The Kier molecular flexibility index (Phi) is 3.91. The summed E-state index contributed by atoms with van der Waals surface area (Å²) >= 11 is 0. The Balaban J connectivity index is 1.64. The predicted octanol–water partition coefficient (Wildman–Crippen LogP) is 3.52. The summed E-state index contributed by atoms with van der Waals surface area (Å²) < 4.78 is 16.7. The lowest BCUT2D eigenvalue weighted by atomic mass is 10.1. The van der Waals surface area contributed by atoms with Crippen molar-refractivity contribution in [1.82, 2.24) is 29.3 Å². The second-order valence-electron chi connectivity index (χ2n) is 7.57. The summed E-state index contributed by atoms with van der Waals surface area (Å²) in [4.78, 5) is 25.8. The number of ketones is 1. The van der Waals surface area contributed by atoms with E-state index in [1.54, 1.807) is 24.4 Å². The van der Waals surface area contributed by atoms with Crippen molar-refractivity contribution in [3.8, 4) is 22.9 Å². The number of rotatable bonds is 3. The molecule has 4 heterocycles. The molecule has 1 aromatic carbocycles. The number of pyridine rings is 2. The maximum atomic E-state index is 13.5. The standard InChI is InChI=1S/C23H16FN7O/c24-19-9-11-30(29-19)20-8-6-17-23(28-20)31(22(27-17)16-2-1-10-26-21(16)25)14-4-5-15-13(12-14)3-7-18(15)32/h1-2,4-6,8-12H,3,7H2,(H2,25,26). The Bertz CT molecular complexity index is 1530. The number of aryl methyl sites for hydroxylation is 1. The molecule has 0 fully saturated rings. The van der Waals surface area contributed by atoms with E-state index in [4.69, 9.17) is 15.7 Å². The fourth-order valence-corrected chi connectivity index (χ4v) is 4.12. The van der Waals surface area contributed by atoms with Crippen LogP contribution in [0.4, 0.5) is 10.2 Å². The third kappa shape index (κ3) is 2.78. The first-order chi connectivity index (χ1) is 15.6. The van der Waals surface area contributed by atoms with Gasteiger partial charge in [0.05, 0.1) is 5.56 Å². The molecule has 0 unspecified atom stereocenters. The maximum absolute atomic E-state index is 13.5. The van der Waals surface area contributed by atoms with Crippen molar-refractivity contribution in [2.75, 3.05) is 5.73 Å². The number of anilines is 1. The Labute approximate surface area is 181 Å². The van der Waals surface area contributed by atoms with E-state index in [1.165, 1.54) is 16.9 Å². The second-order valence-corrected chi connectivity index (χ2v) is 7.57. The number of Topliss-reactive ketones (excluding diaryl/α,β-unsaturated/α-hetero) is 1. The van der Waals surface area contributed by atoms with E-state index >= 15 is 0 Å². The van der Waals surface area contributed by atoms with E-state index in [2.05, 4.69) is 10.1 Å². The first-order valence-electron chi connectivity index (χ1n) is 10.1. The van der Waals surface area contributed by atoms with Crippen molar-refractivity contribution in [2.45, 2.75) is 12.8 Å². The van der Waals surface area contributed by atoms with Gasteiger partial charge in [0.25, 0.3) is 0 Å². The highest BCUT2D eigenvalue weighted by molar-refractivity contribution is 6.00. The molecule has 0 amide bonds. The molecule has 0 spiro atoms. The van der Waals surface area contributed by atoms with Gasteiger partial charge in [-0.3, -0.25) is 9.36 Å². The van der Waals surface area contributed by atoms with Crippen LogP contribution in [-0.4, -0.2) is 35.1 Å². The Morgan fingerprint density at radius 1 is 1.00 bits per heavy atom. The van der Waals surface area contributed by atoms with Gasteiger partial charge in [-0.2, -0.15) is 4.39 Å². The molecule has 0 saturated carbocycles. The van der Waals surface area contributed by atoms with Crippen LogP contribution < -0.4 is 5.73 Å². The third-order valence-electron chi connectivity index (χ3n) is 5.63. The van der Waals surface area contributed by atoms with Crippen LogP contribution in [0.5, 0.6) is 0 Å². The van der Waals surface area contributed by atoms with E-state index in [-0.39, 0.29) is 5.78 Å². The van der Waals surface area contributed by atoms with Crippen LogP contribution in [0.3, 0.4) is 0 Å². The topological polar surface area (TPSA) is 105 Å². The number of fused-ring (bicyclic) bond motifs is 2. The molecule has 0 atom stereocenters. The Morgan fingerprint density at radius 3 is 2.72 bits per heavy atom. The van der Waals surface area contributed by atoms with Crippen LogP contribution in [-0.2, 0) is 6.42 Å². The number of hydrogen-bond donors (Lipinski definition) is 1. The van der Waals surface area contributed by atoms with Crippen molar-refractivity contribution >= 4 is 22.8 Å². The molecule has 1 aliphatic rings. The van der Waals surface area contributed by atoms with Crippen LogP contribution in [0.25, 0.3) is 34.1 Å². The monoisotopic (exact) mass is 425 g/mol. The minimum atomic E-state index is -0.590. The molecule has 0 radical (unpaired) electrons. The van der Waals surface area contributed by atoms with Crippen molar-refractivity contribution in [3.05, 3.63) is 78.0 Å². The number of benzene rings is 1. The Hall–Kier alpha value is -4.40. The van der Waals surface area contributed by atoms with Gasteiger partial charge in [-0.15, -0.1) is 5.10 Å². The number of aromatic nitrogens is 6. The zero-order chi connectivity index (χ0) is 21.8. The van der Waals surface area contributed by atoms with Gasteiger partial charge in [0.1, 0.15) is 11.3 Å². The number of nitrogen functional groups attached to an aromatic ring is 1. The third-order valence-corrected chi connectivity index (χ3v) is 5.63. The zero-order valence-electron chi connectivity index (χ0n) is 16.7. The molecule has 1 aliphatic carbocycles. The summed E-state index contributed by atoms with van der Waals surface area (Å²) in [6.07, 6.45) is 4.34. The molecule has 0 bridgehead atoms. The predicted molar refractivity (Wildman–Crippen MR) is 116 cm³/mol. The number of halogens is 1. The van der Waals surface area contributed by atoms with Gasteiger partial charge in [-0.05, 0) is 54.4 Å². The number of imidazole rings is 1. The van der Waals surface area contributed by atoms with Crippen LogP contribution in [0.2, 0.25) is 0 Å². The molecule has 9 heteroatoms. The van der Waals surface area contributed by atoms with E-state index in [0.29, 0.717) is 47.0 Å². The molecule has 6 rings (SSSR count). The van der Waals surface area contributed by atoms with Crippen LogP contribution in [0.1, 0.15) is 22.3 Å². The largest absolute Gasteiger partial charge is 0.383 e. The summed E-state index contributed by atoms with van der Waals surface area (Å²) in [5, 5.41) is 3.82. The van der Waals surface area contributed by atoms with Crippen molar-refractivity contribution in [3.63, 3.8) is 0 Å². The Morgan fingerprint density at radius 2 is 1.91 bits per heavy atom. The van der Waals surface area contributed by atoms with Crippen molar-refractivity contribution < 1.29 is 9.18 Å². The fraction of sp³-hybridized carbons (Fsp3) is 0.0870. The van der Waals surface area contributed by atoms with Crippen LogP contribution in [0.15, 0.2) is 60.9 Å². The van der Waals surface area contributed by atoms with Crippen LogP contribution in [0, 0.1) is 5.95 Å². The molecule has 5 aromatic rings. The fourth-order valence-electron chi connectivity index (χ4n) is 4.12. The molecular formula is C23H16FN7O. The van der Waals surface area contributed by atoms with Gasteiger partial charge in [-0.1, -0.05) is 0 Å². The zero-order valence-corrected chi connectivity index (χ0v) is 16.7. The summed E-state index contributed by atoms with van der Waals surface area (Å²) in [7, 11) is 0. The minimum absolute atomic E-state index is 0.153. The maximum Gasteiger partial charge on any atom is 0.233 e. The molecule has 32 heavy (non-hydrogen) atoms. The SMILES string of the molecule is Nc1ncccc1-c1nc2ccc(-n3ccc(F)n3)nc2n1-c1ccc2c(c1)CCC2=O. The molecular weight excluding hydrogens is 409 g/mol. The van der Waals surface area contributed by atoms with Gasteiger partial charge in [0.2, 0.25) is 5.95 Å². The average Bonchev–Trinajstić information content (AvgIpc) is 3.50. The highest BCUT2D eigenvalue weighted by Crippen LogP contribution is 2.32. The quantitative estimate of drug-likeness (QED) is 0.474. The summed E-state index contributed by atoms with van der Waals surface area (Å²) in [6, 6.07) is 14.1. The van der Waals surface area contributed by atoms with Gasteiger partial charge in [0, 0.05) is 36.1 Å². The van der Waals surface area contributed by atoms with Gasteiger partial charge < -0.3 is 5.73 Å². The van der Waals surface area contributed by atoms with E-state index in [9.17, 15) is 9.18 Å².